The van der Waals surface area contributed by atoms with Crippen molar-refractivity contribution in [1.82, 2.24) is 5.32 Å². The maximum absolute atomic E-state index is 12.4. The van der Waals surface area contributed by atoms with Gasteiger partial charge in [0.15, 0.2) is 0 Å². The molecular formula is C21H19NO2S. The number of hydrogen-bond donors (Lipinski definition) is 3. The zero-order chi connectivity index (χ0) is 17.6. The molecule has 2 aromatic rings. The van der Waals surface area contributed by atoms with Crippen molar-refractivity contribution in [3.05, 3.63) is 89.5 Å². The lowest BCUT2D eigenvalue weighted by atomic mass is 10.0. The summed E-state index contributed by atoms with van der Waals surface area (Å²) in [6.45, 7) is 0.482. The van der Waals surface area contributed by atoms with Gasteiger partial charge in [0.1, 0.15) is 5.75 Å². The number of carbonyl (C=O) groups excluding carboxylic acids is 1. The quantitative estimate of drug-likeness (QED) is 0.722. The zero-order valence-corrected chi connectivity index (χ0v) is 14.5. The van der Waals surface area contributed by atoms with E-state index in [0.29, 0.717) is 18.5 Å². The van der Waals surface area contributed by atoms with Gasteiger partial charge in [-0.05, 0) is 53.5 Å². The number of thiol groups is 1. The molecule has 0 radical (unpaired) electrons. The topological polar surface area (TPSA) is 49.3 Å². The predicted octanol–water partition coefficient (Wildman–Crippen LogP) is 4.27. The molecule has 0 unspecified atom stereocenters. The van der Waals surface area contributed by atoms with Crippen molar-refractivity contribution in [1.29, 1.82) is 0 Å². The molecule has 4 heteroatoms. The largest absolute Gasteiger partial charge is 0.508 e. The lowest BCUT2D eigenvalue weighted by Gasteiger charge is -2.06. The van der Waals surface area contributed by atoms with Gasteiger partial charge in [-0.25, -0.2) is 0 Å². The van der Waals surface area contributed by atoms with Crippen LogP contribution in [-0.2, 0) is 11.3 Å². The minimum absolute atomic E-state index is 0.0912. The minimum Gasteiger partial charge on any atom is -0.508 e. The van der Waals surface area contributed by atoms with Crippen molar-refractivity contribution in [2.75, 3.05) is 0 Å². The number of carbonyl (C=O) groups is 1. The summed E-state index contributed by atoms with van der Waals surface area (Å²) in [5, 5.41) is 12.3. The fourth-order valence-electron chi connectivity index (χ4n) is 2.56. The third-order valence-electron chi connectivity index (χ3n) is 3.97. The number of rotatable bonds is 4. The zero-order valence-electron chi connectivity index (χ0n) is 13.6. The molecule has 2 N–H and O–H groups in total. The van der Waals surface area contributed by atoms with E-state index in [1.807, 2.05) is 54.6 Å². The number of phenols is 1. The SMILES string of the molecule is O=C(NCc1ccc(S)cc1)C1=CCC=C(c2ccc(O)cc2)C=C1. The molecule has 2 aromatic carbocycles. The van der Waals surface area contributed by atoms with E-state index in [1.54, 1.807) is 12.1 Å². The first-order valence-electron chi connectivity index (χ1n) is 8.06. The molecular weight excluding hydrogens is 330 g/mol. The van der Waals surface area contributed by atoms with Gasteiger partial charge in [0.25, 0.3) is 5.91 Å². The Morgan fingerprint density at radius 2 is 1.72 bits per heavy atom. The summed E-state index contributed by atoms with van der Waals surface area (Å²) < 4.78 is 0. The first-order valence-corrected chi connectivity index (χ1v) is 8.50. The van der Waals surface area contributed by atoms with Crippen LogP contribution in [0.15, 0.2) is 83.3 Å². The van der Waals surface area contributed by atoms with Crippen LogP contribution in [0.3, 0.4) is 0 Å². The van der Waals surface area contributed by atoms with E-state index in [4.69, 9.17) is 0 Å². The maximum Gasteiger partial charge on any atom is 0.251 e. The van der Waals surface area contributed by atoms with E-state index >= 15 is 0 Å². The second-order valence-electron chi connectivity index (χ2n) is 5.78. The molecule has 0 heterocycles. The summed E-state index contributed by atoms with van der Waals surface area (Å²) in [6.07, 6.45) is 8.42. The van der Waals surface area contributed by atoms with E-state index in [2.05, 4.69) is 24.0 Å². The molecule has 0 bridgehead atoms. The van der Waals surface area contributed by atoms with Gasteiger partial charge in [0.2, 0.25) is 0 Å². The predicted molar refractivity (Wildman–Crippen MR) is 103 cm³/mol. The molecule has 1 amide bonds. The molecule has 25 heavy (non-hydrogen) atoms. The van der Waals surface area contributed by atoms with Crippen LogP contribution in [0.4, 0.5) is 0 Å². The second kappa shape index (κ2) is 7.90. The molecule has 1 aliphatic carbocycles. The van der Waals surface area contributed by atoms with Gasteiger partial charge in [0.05, 0.1) is 0 Å². The second-order valence-corrected chi connectivity index (χ2v) is 6.30. The average Bonchev–Trinajstić information content (AvgIpc) is 2.88. The third-order valence-corrected chi connectivity index (χ3v) is 4.27. The Bertz CT molecular complexity index is 846. The van der Waals surface area contributed by atoms with Gasteiger partial charge in [-0.15, -0.1) is 12.6 Å². The summed E-state index contributed by atoms with van der Waals surface area (Å²) in [5.74, 6) is 0.151. The first kappa shape index (κ1) is 17.1. The van der Waals surface area contributed by atoms with Crippen LogP contribution in [0.25, 0.3) is 5.57 Å². The van der Waals surface area contributed by atoms with Gasteiger partial charge in [-0.3, -0.25) is 4.79 Å². The number of phenolic OH excluding ortho intramolecular Hbond substituents is 1. The average molecular weight is 349 g/mol. The van der Waals surface area contributed by atoms with Gasteiger partial charge >= 0.3 is 0 Å². The van der Waals surface area contributed by atoms with E-state index < -0.39 is 0 Å². The molecule has 0 aromatic heterocycles. The minimum atomic E-state index is -0.0912. The molecule has 126 valence electrons. The van der Waals surface area contributed by atoms with Gasteiger partial charge in [-0.2, -0.15) is 0 Å². The number of allylic oxidation sites excluding steroid dienone is 4. The Hall–Kier alpha value is -2.72. The van der Waals surface area contributed by atoms with Gasteiger partial charge < -0.3 is 10.4 Å². The van der Waals surface area contributed by atoms with E-state index in [1.165, 1.54) is 0 Å². The number of aromatic hydroxyl groups is 1. The van der Waals surface area contributed by atoms with Crippen LogP contribution in [0, 0.1) is 0 Å². The number of benzene rings is 2. The van der Waals surface area contributed by atoms with Crippen molar-refractivity contribution in [3.63, 3.8) is 0 Å². The molecule has 3 nitrogen and oxygen atoms in total. The highest BCUT2D eigenvalue weighted by atomic mass is 32.1. The Morgan fingerprint density at radius 3 is 2.44 bits per heavy atom. The summed E-state index contributed by atoms with van der Waals surface area (Å²) in [5.41, 5.74) is 3.72. The Labute approximate surface area is 152 Å². The Morgan fingerprint density at radius 1 is 1.00 bits per heavy atom. The molecule has 0 fully saturated rings. The molecule has 3 rings (SSSR count). The fourth-order valence-corrected chi connectivity index (χ4v) is 2.71. The molecule has 0 atom stereocenters. The van der Waals surface area contributed by atoms with Crippen LogP contribution in [-0.4, -0.2) is 11.0 Å². The molecule has 1 aliphatic rings. The summed E-state index contributed by atoms with van der Waals surface area (Å²) in [6, 6.07) is 14.8. The van der Waals surface area contributed by atoms with Gasteiger partial charge in [0, 0.05) is 17.0 Å². The van der Waals surface area contributed by atoms with Crippen LogP contribution in [0.5, 0.6) is 5.75 Å². The number of amides is 1. The van der Waals surface area contributed by atoms with Crippen molar-refractivity contribution in [2.45, 2.75) is 17.9 Å². The summed E-state index contributed by atoms with van der Waals surface area (Å²) in [7, 11) is 0. The number of hydrogen-bond acceptors (Lipinski definition) is 3. The molecule has 0 aliphatic heterocycles. The monoisotopic (exact) mass is 349 g/mol. The van der Waals surface area contributed by atoms with Crippen LogP contribution in [0.2, 0.25) is 0 Å². The molecule has 0 saturated carbocycles. The Kier molecular flexibility index (Phi) is 5.41. The van der Waals surface area contributed by atoms with Gasteiger partial charge in [-0.1, -0.05) is 42.5 Å². The number of nitrogens with one attached hydrogen (secondary N) is 1. The molecule has 0 saturated heterocycles. The van der Waals surface area contributed by atoms with Crippen molar-refractivity contribution < 1.29 is 9.90 Å². The van der Waals surface area contributed by atoms with E-state index in [-0.39, 0.29) is 11.7 Å². The highest BCUT2D eigenvalue weighted by Crippen LogP contribution is 2.22. The van der Waals surface area contributed by atoms with Crippen LogP contribution in [0.1, 0.15) is 17.5 Å². The first-order chi connectivity index (χ1) is 12.1. The smallest absolute Gasteiger partial charge is 0.251 e. The van der Waals surface area contributed by atoms with Crippen molar-refractivity contribution in [3.8, 4) is 5.75 Å². The lowest BCUT2D eigenvalue weighted by Crippen LogP contribution is -2.23. The Balaban J connectivity index is 1.62. The van der Waals surface area contributed by atoms with E-state index in [0.717, 1.165) is 21.6 Å². The van der Waals surface area contributed by atoms with Crippen LogP contribution >= 0.6 is 12.6 Å². The van der Waals surface area contributed by atoms with Crippen molar-refractivity contribution in [2.24, 2.45) is 0 Å². The summed E-state index contributed by atoms with van der Waals surface area (Å²) in [4.78, 5) is 13.3. The van der Waals surface area contributed by atoms with Crippen molar-refractivity contribution >= 4 is 24.1 Å². The maximum atomic E-state index is 12.4. The third kappa shape index (κ3) is 4.64. The normalized spacial score (nSPS) is 13.6. The fraction of sp³-hybridized carbons (Fsp3) is 0.0952. The highest BCUT2D eigenvalue weighted by Gasteiger charge is 2.09. The lowest BCUT2D eigenvalue weighted by molar-refractivity contribution is -0.117. The molecule has 0 spiro atoms. The highest BCUT2D eigenvalue weighted by molar-refractivity contribution is 7.80. The summed E-state index contributed by atoms with van der Waals surface area (Å²) >= 11 is 4.25. The van der Waals surface area contributed by atoms with E-state index in [9.17, 15) is 9.90 Å². The van der Waals surface area contributed by atoms with Crippen LogP contribution < -0.4 is 5.32 Å². The standard InChI is InChI=1S/C21H19NO2S/c23-19-10-8-17(9-11-19)16-2-1-3-18(7-6-16)21(24)22-14-15-4-12-20(25)13-5-15/h2-13,23,25H,1,14H2,(H,22,24).